The molecule has 0 aromatic rings. The molecular weight excluding hydrogens is 192 g/mol. The molecule has 0 saturated carbocycles. The maximum absolute atomic E-state index is 10.3. The molecule has 0 bridgehead atoms. The molecule has 7 heteroatoms. The molecule has 1 N–H and O–H groups in total. The van der Waals surface area contributed by atoms with Gasteiger partial charge in [0.1, 0.15) is 6.10 Å². The fourth-order valence-corrected chi connectivity index (χ4v) is 1.08. The second-order valence-electron chi connectivity index (χ2n) is 3.41. The molecule has 0 amide bonds. The molecule has 0 heterocycles. The fraction of sp³-hybridized carbons (Fsp3) is 1.00. The molecule has 0 rings (SSSR count). The van der Waals surface area contributed by atoms with Gasteiger partial charge in [-0.2, -0.15) is 0 Å². The van der Waals surface area contributed by atoms with Crippen LogP contribution < -0.4 is 0 Å². The summed E-state index contributed by atoms with van der Waals surface area (Å²) in [4.78, 5) is 19.3. The molecule has 0 aromatic carbocycles. The average molecular weight is 206 g/mol. The predicted octanol–water partition coefficient (Wildman–Crippen LogP) is 0.315. The van der Waals surface area contributed by atoms with E-state index in [-0.39, 0.29) is 12.3 Å². The number of aliphatic hydroxyl groups is 1. The topological polar surface area (TPSA) is 107 Å². The summed E-state index contributed by atoms with van der Waals surface area (Å²) < 4.78 is 0. The van der Waals surface area contributed by atoms with E-state index in [2.05, 4.69) is 0 Å². The van der Waals surface area contributed by atoms with E-state index in [1.807, 2.05) is 0 Å². The summed E-state index contributed by atoms with van der Waals surface area (Å²) in [5.41, 5.74) is 0. The largest absolute Gasteiger partial charge is 0.386 e. The maximum Gasteiger partial charge on any atom is 0.229 e. The van der Waals surface area contributed by atoms with E-state index < -0.39 is 28.5 Å². The lowest BCUT2D eigenvalue weighted by atomic mass is 9.97. The van der Waals surface area contributed by atoms with E-state index in [1.165, 1.54) is 6.92 Å². The normalized spacial score (nSPS) is 17.1. The fourth-order valence-electron chi connectivity index (χ4n) is 1.08. The Morgan fingerprint density at radius 1 is 1.29 bits per heavy atom. The van der Waals surface area contributed by atoms with Gasteiger partial charge in [-0.15, -0.1) is 0 Å². The summed E-state index contributed by atoms with van der Waals surface area (Å²) in [5.74, 6) is -0.375. The van der Waals surface area contributed by atoms with Crippen LogP contribution in [0.1, 0.15) is 20.3 Å². The number of rotatable bonds is 6. The molecule has 0 aromatic heterocycles. The molecule has 0 aliphatic carbocycles. The van der Waals surface area contributed by atoms with Gasteiger partial charge in [-0.25, -0.2) is 0 Å². The van der Waals surface area contributed by atoms with E-state index in [0.717, 1.165) is 0 Å². The first kappa shape index (κ1) is 12.8. The Kier molecular flexibility index (Phi) is 5.00. The van der Waals surface area contributed by atoms with Crippen molar-refractivity contribution < 1.29 is 15.0 Å². The smallest absolute Gasteiger partial charge is 0.229 e. The highest BCUT2D eigenvalue weighted by Crippen LogP contribution is 2.13. The first-order valence-electron chi connectivity index (χ1n) is 4.28. The van der Waals surface area contributed by atoms with Gasteiger partial charge in [0.25, 0.3) is 0 Å². The maximum atomic E-state index is 10.3. The van der Waals surface area contributed by atoms with E-state index in [9.17, 15) is 20.2 Å². The van der Waals surface area contributed by atoms with Crippen LogP contribution in [0.25, 0.3) is 0 Å². The highest BCUT2D eigenvalue weighted by atomic mass is 16.6. The van der Waals surface area contributed by atoms with Gasteiger partial charge in [0.2, 0.25) is 12.6 Å². The lowest BCUT2D eigenvalue weighted by molar-refractivity contribution is -0.528. The number of aliphatic hydroxyl groups excluding tert-OH is 1. The SMILES string of the molecule is CC(CC(O)C[N+](=O)[O-])C(C)[N+](=O)[O-]. The molecule has 3 unspecified atom stereocenters. The van der Waals surface area contributed by atoms with Crippen LogP contribution in [0.15, 0.2) is 0 Å². The molecule has 0 radical (unpaired) electrons. The molecule has 0 fully saturated rings. The van der Waals surface area contributed by atoms with Gasteiger partial charge in [0.15, 0.2) is 0 Å². The van der Waals surface area contributed by atoms with Crippen molar-refractivity contribution in [1.29, 1.82) is 0 Å². The first-order valence-corrected chi connectivity index (χ1v) is 4.28. The van der Waals surface area contributed by atoms with Gasteiger partial charge in [-0.05, 0) is 6.42 Å². The van der Waals surface area contributed by atoms with Gasteiger partial charge in [-0.1, -0.05) is 6.92 Å². The molecule has 0 spiro atoms. The monoisotopic (exact) mass is 206 g/mol. The molecule has 3 atom stereocenters. The minimum Gasteiger partial charge on any atom is -0.386 e. The Labute approximate surface area is 81.0 Å². The van der Waals surface area contributed by atoms with Crippen LogP contribution in [0.3, 0.4) is 0 Å². The van der Waals surface area contributed by atoms with Crippen LogP contribution in [-0.2, 0) is 0 Å². The lowest BCUT2D eigenvalue weighted by Crippen LogP contribution is -2.29. The van der Waals surface area contributed by atoms with Crippen LogP contribution in [-0.4, -0.2) is 33.6 Å². The standard InChI is InChI=1S/C7H14N2O5/c1-5(6(2)9(13)14)3-7(10)4-8(11)12/h5-7,10H,3-4H2,1-2H3. The Morgan fingerprint density at radius 3 is 2.14 bits per heavy atom. The van der Waals surface area contributed by atoms with Crippen molar-refractivity contribution in [3.63, 3.8) is 0 Å². The summed E-state index contributed by atoms with van der Waals surface area (Å²) in [6, 6.07) is -0.795. The van der Waals surface area contributed by atoms with Crippen molar-refractivity contribution in [3.05, 3.63) is 20.2 Å². The van der Waals surface area contributed by atoms with Gasteiger partial charge in [0.05, 0.1) is 0 Å². The zero-order chi connectivity index (χ0) is 11.3. The van der Waals surface area contributed by atoms with E-state index in [4.69, 9.17) is 5.11 Å². The molecule has 0 aliphatic heterocycles. The first-order chi connectivity index (χ1) is 6.34. The molecule has 14 heavy (non-hydrogen) atoms. The predicted molar refractivity (Wildman–Crippen MR) is 48.1 cm³/mol. The van der Waals surface area contributed by atoms with Crippen LogP contribution in [0.2, 0.25) is 0 Å². The Bertz CT molecular complexity index is 220. The summed E-state index contributed by atoms with van der Waals surface area (Å²) >= 11 is 0. The summed E-state index contributed by atoms with van der Waals surface area (Å²) in [7, 11) is 0. The van der Waals surface area contributed by atoms with E-state index in [0.29, 0.717) is 0 Å². The number of hydrogen-bond acceptors (Lipinski definition) is 5. The second kappa shape index (κ2) is 5.48. The third-order valence-corrected chi connectivity index (χ3v) is 2.16. The van der Waals surface area contributed by atoms with Crippen LogP contribution in [0, 0.1) is 26.1 Å². The van der Waals surface area contributed by atoms with Gasteiger partial charge in [-0.3, -0.25) is 20.2 Å². The minimum absolute atomic E-state index is 0.0725. The lowest BCUT2D eigenvalue weighted by Gasteiger charge is -2.14. The zero-order valence-electron chi connectivity index (χ0n) is 8.12. The molecule has 82 valence electrons. The Hall–Kier alpha value is -1.24. The average Bonchev–Trinajstić information content (AvgIpc) is 2.00. The van der Waals surface area contributed by atoms with Crippen molar-refractivity contribution in [2.75, 3.05) is 6.54 Å². The van der Waals surface area contributed by atoms with Crippen molar-refractivity contribution in [2.45, 2.75) is 32.4 Å². The van der Waals surface area contributed by atoms with Crippen LogP contribution in [0.4, 0.5) is 0 Å². The van der Waals surface area contributed by atoms with Crippen molar-refractivity contribution >= 4 is 0 Å². The number of nitro groups is 2. The van der Waals surface area contributed by atoms with Gasteiger partial charge in [0, 0.05) is 22.7 Å². The summed E-state index contributed by atoms with van der Waals surface area (Å²) in [6.07, 6.45) is -1.04. The second-order valence-corrected chi connectivity index (χ2v) is 3.41. The van der Waals surface area contributed by atoms with Crippen molar-refractivity contribution in [1.82, 2.24) is 0 Å². The number of nitrogens with zero attached hydrogens (tertiary/aromatic N) is 2. The Morgan fingerprint density at radius 2 is 1.79 bits per heavy atom. The van der Waals surface area contributed by atoms with Gasteiger partial charge < -0.3 is 5.11 Å². The molecule has 0 saturated heterocycles. The third kappa shape index (κ3) is 4.70. The third-order valence-electron chi connectivity index (χ3n) is 2.16. The Balaban J connectivity index is 3.98. The highest BCUT2D eigenvalue weighted by Gasteiger charge is 2.26. The quantitative estimate of drug-likeness (QED) is 0.497. The van der Waals surface area contributed by atoms with Crippen molar-refractivity contribution in [3.8, 4) is 0 Å². The minimum atomic E-state index is -1.11. The molecule has 7 nitrogen and oxygen atoms in total. The van der Waals surface area contributed by atoms with Crippen LogP contribution in [0.5, 0.6) is 0 Å². The summed E-state index contributed by atoms with van der Waals surface area (Å²) in [5, 5.41) is 29.5. The van der Waals surface area contributed by atoms with Gasteiger partial charge >= 0.3 is 0 Å². The molecular formula is C7H14N2O5. The zero-order valence-corrected chi connectivity index (χ0v) is 8.12. The summed E-state index contributed by atoms with van der Waals surface area (Å²) in [6.45, 7) is 2.45. The van der Waals surface area contributed by atoms with Crippen molar-refractivity contribution in [2.24, 2.45) is 5.92 Å². The molecule has 0 aliphatic rings. The van der Waals surface area contributed by atoms with E-state index in [1.54, 1.807) is 6.92 Å². The van der Waals surface area contributed by atoms with E-state index >= 15 is 0 Å². The number of hydrogen-bond donors (Lipinski definition) is 1. The van der Waals surface area contributed by atoms with Crippen LogP contribution >= 0.6 is 0 Å². The highest BCUT2D eigenvalue weighted by molar-refractivity contribution is 4.65.